The van der Waals surface area contributed by atoms with Gasteiger partial charge < -0.3 is 20.3 Å². The molecule has 1 heterocycles. The molecule has 1 aromatic heterocycles. The fourth-order valence-corrected chi connectivity index (χ4v) is 1.93. The maximum absolute atomic E-state index is 11.8. The summed E-state index contributed by atoms with van der Waals surface area (Å²) in [6.07, 6.45) is 1.05. The molecule has 1 aromatic carbocycles. The number of benzene rings is 1. The Morgan fingerprint density at radius 3 is 2.63 bits per heavy atom. The van der Waals surface area contributed by atoms with Crippen LogP contribution in [0.15, 0.2) is 23.0 Å². The highest BCUT2D eigenvalue weighted by Crippen LogP contribution is 2.23. The molecule has 0 aliphatic heterocycles. The van der Waals surface area contributed by atoms with Crippen molar-refractivity contribution in [2.45, 2.75) is 12.8 Å². The van der Waals surface area contributed by atoms with E-state index in [1.807, 2.05) is 0 Å². The van der Waals surface area contributed by atoms with Gasteiger partial charge in [-0.25, -0.2) is 4.79 Å². The lowest BCUT2D eigenvalue weighted by Crippen LogP contribution is -2.10. The first-order valence-corrected chi connectivity index (χ1v) is 5.76. The van der Waals surface area contributed by atoms with Crippen molar-refractivity contribution in [2.24, 2.45) is 0 Å². The number of hydrogen-bond acceptors (Lipinski definition) is 4. The molecule has 0 radical (unpaired) electrons. The van der Waals surface area contributed by atoms with Crippen LogP contribution in [0.25, 0.3) is 10.9 Å². The molecule has 0 amide bonds. The number of aliphatic hydroxyl groups excluding tert-OH is 1. The molecule has 2 aromatic rings. The summed E-state index contributed by atoms with van der Waals surface area (Å²) in [5, 5.41) is 27.7. The van der Waals surface area contributed by atoms with Gasteiger partial charge in [0.05, 0.1) is 5.52 Å². The van der Waals surface area contributed by atoms with Gasteiger partial charge in [0.1, 0.15) is 11.4 Å². The number of pyridine rings is 1. The largest absolute Gasteiger partial charge is 0.506 e. The van der Waals surface area contributed by atoms with Gasteiger partial charge in [-0.1, -0.05) is 0 Å². The van der Waals surface area contributed by atoms with Crippen LogP contribution in [0.4, 0.5) is 0 Å². The van der Waals surface area contributed by atoms with E-state index in [1.165, 1.54) is 6.07 Å². The van der Waals surface area contributed by atoms with Crippen molar-refractivity contribution >= 4 is 16.9 Å². The minimum Gasteiger partial charge on any atom is -0.506 e. The second-order valence-electron chi connectivity index (χ2n) is 4.22. The molecule has 0 fully saturated rings. The first-order valence-electron chi connectivity index (χ1n) is 5.76. The normalized spacial score (nSPS) is 10.8. The van der Waals surface area contributed by atoms with Crippen molar-refractivity contribution in [3.63, 3.8) is 0 Å². The number of aliphatic hydroxyl groups is 1. The maximum atomic E-state index is 11.8. The van der Waals surface area contributed by atoms with E-state index in [-0.39, 0.29) is 29.0 Å². The molecule has 6 nitrogen and oxygen atoms in total. The summed E-state index contributed by atoms with van der Waals surface area (Å²) in [5.74, 6) is -1.44. The van der Waals surface area contributed by atoms with Crippen LogP contribution in [0.3, 0.4) is 0 Å². The second-order valence-corrected chi connectivity index (χ2v) is 4.22. The van der Waals surface area contributed by atoms with Crippen LogP contribution in [-0.2, 0) is 6.42 Å². The van der Waals surface area contributed by atoms with Crippen LogP contribution in [-0.4, -0.2) is 32.9 Å². The zero-order valence-electron chi connectivity index (χ0n) is 10.0. The summed E-state index contributed by atoms with van der Waals surface area (Å²) in [4.78, 5) is 25.2. The molecule has 100 valence electrons. The SMILES string of the molecule is O=C(O)c1cc(=O)c2cc(CCCO)cc(O)c2[nH]1. The molecule has 0 atom stereocenters. The van der Waals surface area contributed by atoms with E-state index < -0.39 is 11.4 Å². The van der Waals surface area contributed by atoms with E-state index in [0.717, 1.165) is 6.07 Å². The molecule has 0 spiro atoms. The summed E-state index contributed by atoms with van der Waals surface area (Å²) < 4.78 is 0. The topological polar surface area (TPSA) is 111 Å². The molecule has 0 aliphatic carbocycles. The average molecular weight is 263 g/mol. The molecule has 0 saturated heterocycles. The predicted octanol–water partition coefficient (Wildman–Crippen LogP) is 0.857. The van der Waals surface area contributed by atoms with Gasteiger partial charge in [0.25, 0.3) is 0 Å². The number of phenolic OH excluding ortho intramolecular Hbond substituents is 1. The number of carboxylic acids is 1. The Bertz CT molecular complexity index is 689. The minimum atomic E-state index is -1.26. The van der Waals surface area contributed by atoms with E-state index in [1.54, 1.807) is 6.07 Å². The number of hydrogen-bond donors (Lipinski definition) is 4. The highest BCUT2D eigenvalue weighted by atomic mass is 16.4. The van der Waals surface area contributed by atoms with Crippen molar-refractivity contribution < 1.29 is 20.1 Å². The number of aromatic carboxylic acids is 1. The van der Waals surface area contributed by atoms with Crippen molar-refractivity contribution in [2.75, 3.05) is 6.61 Å². The van der Waals surface area contributed by atoms with Crippen molar-refractivity contribution in [3.8, 4) is 5.75 Å². The number of carboxylic acid groups (broad SMARTS) is 1. The number of aryl methyl sites for hydroxylation is 1. The monoisotopic (exact) mass is 263 g/mol. The molecule has 19 heavy (non-hydrogen) atoms. The van der Waals surface area contributed by atoms with E-state index >= 15 is 0 Å². The van der Waals surface area contributed by atoms with Crippen LogP contribution in [0.2, 0.25) is 0 Å². The lowest BCUT2D eigenvalue weighted by Gasteiger charge is -2.06. The van der Waals surface area contributed by atoms with Gasteiger partial charge in [-0.05, 0) is 30.5 Å². The molecule has 0 bridgehead atoms. The molecule has 4 N–H and O–H groups in total. The van der Waals surface area contributed by atoms with Crippen molar-refractivity contribution in [1.29, 1.82) is 0 Å². The van der Waals surface area contributed by atoms with Gasteiger partial charge >= 0.3 is 5.97 Å². The third-order valence-electron chi connectivity index (χ3n) is 2.83. The predicted molar refractivity (Wildman–Crippen MR) is 68.6 cm³/mol. The quantitative estimate of drug-likeness (QED) is 0.653. The zero-order valence-corrected chi connectivity index (χ0v) is 10.0. The molecule has 0 unspecified atom stereocenters. The summed E-state index contributed by atoms with van der Waals surface area (Å²) in [7, 11) is 0. The Hall–Kier alpha value is -2.34. The summed E-state index contributed by atoms with van der Waals surface area (Å²) in [6, 6.07) is 4.04. The smallest absolute Gasteiger partial charge is 0.352 e. The molecular weight excluding hydrogens is 250 g/mol. The summed E-state index contributed by atoms with van der Waals surface area (Å²) >= 11 is 0. The minimum absolute atomic E-state index is 0.0209. The average Bonchev–Trinajstić information content (AvgIpc) is 2.37. The molecular formula is C13H13NO5. The first kappa shape index (κ1) is 13.1. The van der Waals surface area contributed by atoms with Gasteiger partial charge in [-0.15, -0.1) is 0 Å². The van der Waals surface area contributed by atoms with Gasteiger partial charge in [-0.2, -0.15) is 0 Å². The van der Waals surface area contributed by atoms with Gasteiger partial charge in [0.15, 0.2) is 5.43 Å². The number of carbonyl (C=O) groups is 1. The van der Waals surface area contributed by atoms with Crippen LogP contribution in [0, 0.1) is 0 Å². The van der Waals surface area contributed by atoms with Crippen molar-refractivity contribution in [3.05, 3.63) is 39.7 Å². The van der Waals surface area contributed by atoms with E-state index in [2.05, 4.69) is 4.98 Å². The summed E-state index contributed by atoms with van der Waals surface area (Å²) in [6.45, 7) is 0.0209. The number of fused-ring (bicyclic) bond motifs is 1. The third kappa shape index (κ3) is 2.58. The second kappa shape index (κ2) is 5.11. The van der Waals surface area contributed by atoms with Crippen LogP contribution in [0.1, 0.15) is 22.5 Å². The zero-order chi connectivity index (χ0) is 14.0. The lowest BCUT2D eigenvalue weighted by molar-refractivity contribution is 0.0691. The maximum Gasteiger partial charge on any atom is 0.352 e. The van der Waals surface area contributed by atoms with Gasteiger partial charge in [-0.3, -0.25) is 4.79 Å². The van der Waals surface area contributed by atoms with Crippen LogP contribution >= 0.6 is 0 Å². The first-order chi connectivity index (χ1) is 9.02. The molecule has 6 heteroatoms. The van der Waals surface area contributed by atoms with E-state index in [9.17, 15) is 14.7 Å². The Labute approximate surface area is 107 Å². The summed E-state index contributed by atoms with van der Waals surface area (Å²) in [5.41, 5.74) is 0.0912. The third-order valence-corrected chi connectivity index (χ3v) is 2.83. The fourth-order valence-electron chi connectivity index (χ4n) is 1.93. The van der Waals surface area contributed by atoms with E-state index in [0.29, 0.717) is 18.4 Å². The number of aromatic hydroxyl groups is 1. The van der Waals surface area contributed by atoms with Crippen molar-refractivity contribution in [1.82, 2.24) is 4.98 Å². The Morgan fingerprint density at radius 1 is 1.26 bits per heavy atom. The van der Waals surface area contributed by atoms with Gasteiger partial charge in [0.2, 0.25) is 0 Å². The molecule has 0 aliphatic rings. The lowest BCUT2D eigenvalue weighted by atomic mass is 10.1. The highest BCUT2D eigenvalue weighted by Gasteiger charge is 2.11. The number of aromatic nitrogens is 1. The standard InChI is InChI=1S/C13H13NO5/c15-3-1-2-7-4-8-10(16)6-9(13(18)19)14-12(8)11(17)5-7/h4-6,15,17H,1-3H2,(H,14,16)(H,18,19). The van der Waals surface area contributed by atoms with Crippen LogP contribution in [0.5, 0.6) is 5.75 Å². The number of rotatable bonds is 4. The van der Waals surface area contributed by atoms with Gasteiger partial charge in [0, 0.05) is 18.1 Å². The van der Waals surface area contributed by atoms with Crippen LogP contribution < -0.4 is 5.43 Å². The number of aromatic amines is 1. The number of H-pyrrole nitrogens is 1. The Balaban J connectivity index is 2.63. The molecule has 2 rings (SSSR count). The highest BCUT2D eigenvalue weighted by molar-refractivity contribution is 5.91. The fraction of sp³-hybridized carbons (Fsp3) is 0.231. The Morgan fingerprint density at radius 2 is 2.00 bits per heavy atom. The van der Waals surface area contributed by atoms with E-state index in [4.69, 9.17) is 10.2 Å². The number of phenols is 1. The number of nitrogens with one attached hydrogen (secondary N) is 1. The molecule has 0 saturated carbocycles. The Kier molecular flexibility index (Phi) is 3.52.